The standard InChI is InChI=1S/C19H18ClFN2O5/c1-12(19(25)23-17-8-5-14(21)9-16(17)20)28-18(24)11-27-22-10-13-3-6-15(26-2)7-4-13/h3-10,12H,11H2,1-2H3,(H,23,25)/b22-10-/t12-/m1/s1. The van der Waals surface area contributed by atoms with Crippen molar-refractivity contribution in [1.82, 2.24) is 0 Å². The number of oxime groups is 1. The number of benzene rings is 2. The zero-order valence-electron chi connectivity index (χ0n) is 15.1. The van der Waals surface area contributed by atoms with Crippen molar-refractivity contribution in [2.45, 2.75) is 13.0 Å². The molecule has 28 heavy (non-hydrogen) atoms. The van der Waals surface area contributed by atoms with Crippen molar-refractivity contribution in [2.24, 2.45) is 5.16 Å². The monoisotopic (exact) mass is 408 g/mol. The Balaban J connectivity index is 1.76. The van der Waals surface area contributed by atoms with Crippen LogP contribution in [0, 0.1) is 5.82 Å². The summed E-state index contributed by atoms with van der Waals surface area (Å²) in [6.45, 7) is 0.910. The Bertz CT molecular complexity index is 858. The van der Waals surface area contributed by atoms with Gasteiger partial charge in [-0.25, -0.2) is 9.18 Å². The average Bonchev–Trinajstić information content (AvgIpc) is 2.67. The van der Waals surface area contributed by atoms with Gasteiger partial charge in [0.15, 0.2) is 6.10 Å². The summed E-state index contributed by atoms with van der Waals surface area (Å²) in [5.41, 5.74) is 0.953. The van der Waals surface area contributed by atoms with E-state index in [9.17, 15) is 14.0 Å². The Kier molecular flexibility index (Phi) is 7.76. The Hall–Kier alpha value is -3.13. The van der Waals surface area contributed by atoms with Crippen molar-refractivity contribution in [1.29, 1.82) is 0 Å². The Morgan fingerprint density at radius 3 is 2.61 bits per heavy atom. The topological polar surface area (TPSA) is 86.2 Å². The molecule has 7 nitrogen and oxygen atoms in total. The van der Waals surface area contributed by atoms with E-state index < -0.39 is 30.4 Å². The van der Waals surface area contributed by atoms with Crippen LogP contribution in [0.4, 0.5) is 10.1 Å². The smallest absolute Gasteiger partial charge is 0.347 e. The SMILES string of the molecule is COc1ccc(/C=N\OCC(=O)O[C@H](C)C(=O)Nc2ccc(F)cc2Cl)cc1. The lowest BCUT2D eigenvalue weighted by atomic mass is 10.2. The highest BCUT2D eigenvalue weighted by Crippen LogP contribution is 2.22. The Morgan fingerprint density at radius 2 is 1.96 bits per heavy atom. The number of esters is 1. The van der Waals surface area contributed by atoms with Crippen molar-refractivity contribution < 1.29 is 28.3 Å². The van der Waals surface area contributed by atoms with Crippen LogP contribution in [-0.4, -0.2) is 37.9 Å². The number of nitrogens with one attached hydrogen (secondary N) is 1. The third-order valence-electron chi connectivity index (χ3n) is 3.44. The summed E-state index contributed by atoms with van der Waals surface area (Å²) in [4.78, 5) is 28.6. The number of amides is 1. The molecule has 0 spiro atoms. The molecule has 2 aromatic rings. The predicted octanol–water partition coefficient (Wildman–Crippen LogP) is 3.41. The Morgan fingerprint density at radius 1 is 1.25 bits per heavy atom. The highest BCUT2D eigenvalue weighted by Gasteiger charge is 2.19. The van der Waals surface area contributed by atoms with Crippen LogP contribution in [0.15, 0.2) is 47.6 Å². The predicted molar refractivity (Wildman–Crippen MR) is 102 cm³/mol. The molecule has 0 aromatic heterocycles. The molecule has 0 fully saturated rings. The number of ether oxygens (including phenoxy) is 2. The quantitative estimate of drug-likeness (QED) is 0.411. The van der Waals surface area contributed by atoms with E-state index in [-0.39, 0.29) is 10.7 Å². The molecular weight excluding hydrogens is 391 g/mol. The third kappa shape index (κ3) is 6.55. The first-order valence-electron chi connectivity index (χ1n) is 8.14. The largest absolute Gasteiger partial charge is 0.497 e. The third-order valence-corrected chi connectivity index (χ3v) is 3.75. The van der Waals surface area contributed by atoms with Gasteiger partial charge in [-0.2, -0.15) is 0 Å². The van der Waals surface area contributed by atoms with Crippen LogP contribution < -0.4 is 10.1 Å². The highest BCUT2D eigenvalue weighted by molar-refractivity contribution is 6.33. The van der Waals surface area contributed by atoms with Crippen LogP contribution in [-0.2, 0) is 19.2 Å². The van der Waals surface area contributed by atoms with Crippen LogP contribution in [0.1, 0.15) is 12.5 Å². The molecule has 1 amide bonds. The van der Waals surface area contributed by atoms with E-state index in [2.05, 4.69) is 10.5 Å². The molecule has 0 saturated carbocycles. The number of carbonyl (C=O) groups excluding carboxylic acids is 2. The van der Waals surface area contributed by atoms with E-state index in [1.807, 2.05) is 0 Å². The van der Waals surface area contributed by atoms with Crippen molar-refractivity contribution >= 4 is 35.4 Å². The minimum absolute atomic E-state index is 0.0306. The first kappa shape index (κ1) is 21.2. The molecule has 0 aliphatic heterocycles. The van der Waals surface area contributed by atoms with Gasteiger partial charge in [0.2, 0.25) is 6.61 Å². The number of halogens is 2. The molecule has 0 unspecified atom stereocenters. The molecule has 0 aliphatic carbocycles. The lowest BCUT2D eigenvalue weighted by Gasteiger charge is -2.13. The number of rotatable bonds is 8. The van der Waals surface area contributed by atoms with Gasteiger partial charge < -0.3 is 19.6 Å². The lowest BCUT2D eigenvalue weighted by molar-refractivity contribution is -0.157. The summed E-state index contributed by atoms with van der Waals surface area (Å²) in [7, 11) is 1.56. The van der Waals surface area contributed by atoms with E-state index >= 15 is 0 Å². The lowest BCUT2D eigenvalue weighted by Crippen LogP contribution is -2.31. The maximum absolute atomic E-state index is 13.0. The van der Waals surface area contributed by atoms with Crippen LogP contribution in [0.3, 0.4) is 0 Å². The van der Waals surface area contributed by atoms with Crippen molar-refractivity contribution in [2.75, 3.05) is 19.0 Å². The number of hydrogen-bond acceptors (Lipinski definition) is 6. The highest BCUT2D eigenvalue weighted by atomic mass is 35.5. The van der Waals surface area contributed by atoms with E-state index in [1.54, 1.807) is 31.4 Å². The van der Waals surface area contributed by atoms with Crippen molar-refractivity contribution in [3.8, 4) is 5.75 Å². The van der Waals surface area contributed by atoms with E-state index in [1.165, 1.54) is 19.2 Å². The van der Waals surface area contributed by atoms with E-state index in [4.69, 9.17) is 25.9 Å². The number of methoxy groups -OCH3 is 1. The number of carbonyl (C=O) groups is 2. The van der Waals surface area contributed by atoms with E-state index in [0.717, 1.165) is 17.7 Å². The molecule has 0 saturated heterocycles. The van der Waals surface area contributed by atoms with Gasteiger partial charge in [-0.05, 0) is 55.0 Å². The zero-order valence-corrected chi connectivity index (χ0v) is 15.9. The summed E-state index contributed by atoms with van der Waals surface area (Å²) >= 11 is 5.83. The Labute approximate surface area is 166 Å². The van der Waals surface area contributed by atoms with Gasteiger partial charge in [-0.15, -0.1) is 0 Å². The summed E-state index contributed by atoms with van der Waals surface area (Å²) < 4.78 is 23.0. The molecule has 2 aromatic carbocycles. The number of hydrogen-bond donors (Lipinski definition) is 1. The second kappa shape index (κ2) is 10.3. The first-order chi connectivity index (χ1) is 13.4. The number of anilines is 1. The van der Waals surface area contributed by atoms with Gasteiger partial charge in [0.1, 0.15) is 11.6 Å². The van der Waals surface area contributed by atoms with Gasteiger partial charge in [-0.3, -0.25) is 4.79 Å². The summed E-state index contributed by atoms with van der Waals surface area (Å²) in [6.07, 6.45) is 0.308. The maximum atomic E-state index is 13.0. The molecule has 0 aliphatic rings. The molecule has 0 bridgehead atoms. The molecule has 148 valence electrons. The maximum Gasteiger partial charge on any atom is 0.347 e. The van der Waals surface area contributed by atoms with Crippen LogP contribution in [0.2, 0.25) is 5.02 Å². The van der Waals surface area contributed by atoms with Crippen LogP contribution >= 0.6 is 11.6 Å². The molecule has 0 heterocycles. The molecule has 1 N–H and O–H groups in total. The molecule has 2 rings (SSSR count). The fraction of sp³-hybridized carbons (Fsp3) is 0.211. The summed E-state index contributed by atoms with van der Waals surface area (Å²) in [5, 5.41) is 6.13. The van der Waals surface area contributed by atoms with Gasteiger partial charge in [0, 0.05) is 0 Å². The van der Waals surface area contributed by atoms with Gasteiger partial charge >= 0.3 is 5.97 Å². The summed E-state index contributed by atoms with van der Waals surface area (Å²) in [5.74, 6) is -1.23. The van der Waals surface area contributed by atoms with Crippen LogP contribution in [0.25, 0.3) is 0 Å². The fourth-order valence-corrected chi connectivity index (χ4v) is 2.20. The molecule has 9 heteroatoms. The fourth-order valence-electron chi connectivity index (χ4n) is 1.99. The first-order valence-corrected chi connectivity index (χ1v) is 8.51. The molecule has 1 atom stereocenters. The average molecular weight is 409 g/mol. The van der Waals surface area contributed by atoms with Crippen molar-refractivity contribution in [3.05, 3.63) is 58.9 Å². The molecule has 0 radical (unpaired) electrons. The zero-order chi connectivity index (χ0) is 20.5. The minimum atomic E-state index is -1.11. The summed E-state index contributed by atoms with van der Waals surface area (Å²) in [6, 6.07) is 10.5. The van der Waals surface area contributed by atoms with E-state index in [0.29, 0.717) is 5.75 Å². The van der Waals surface area contributed by atoms with Gasteiger partial charge in [-0.1, -0.05) is 16.8 Å². The van der Waals surface area contributed by atoms with Gasteiger partial charge in [0.25, 0.3) is 5.91 Å². The minimum Gasteiger partial charge on any atom is -0.497 e. The number of nitrogens with zero attached hydrogens (tertiary/aromatic N) is 1. The van der Waals surface area contributed by atoms with Gasteiger partial charge in [0.05, 0.1) is 24.0 Å². The van der Waals surface area contributed by atoms with Crippen LogP contribution in [0.5, 0.6) is 5.75 Å². The second-order valence-corrected chi connectivity index (χ2v) is 5.93. The molecular formula is C19H18ClFN2O5. The second-order valence-electron chi connectivity index (χ2n) is 5.53. The van der Waals surface area contributed by atoms with Crippen molar-refractivity contribution in [3.63, 3.8) is 0 Å². The normalized spacial score (nSPS) is 11.7.